The summed E-state index contributed by atoms with van der Waals surface area (Å²) < 4.78 is 5.57. The minimum Gasteiger partial charge on any atom is -0.491 e. The van der Waals surface area contributed by atoms with Crippen molar-refractivity contribution in [3.05, 3.63) is 18.2 Å². The first-order valence-corrected chi connectivity index (χ1v) is 8.36. The van der Waals surface area contributed by atoms with Gasteiger partial charge >= 0.3 is 12.0 Å². The van der Waals surface area contributed by atoms with E-state index in [9.17, 15) is 9.59 Å². The average Bonchev–Trinajstić information content (AvgIpc) is 2.54. The number of aliphatic carboxylic acids is 1. The summed E-state index contributed by atoms with van der Waals surface area (Å²) in [7, 11) is 0. The smallest absolute Gasteiger partial charge is 0.319 e. The standard InChI is InChI=1S/C17H25N3O4/c18-12-8-9-14(15(11-12)24-10-4-7-16(21)22)20-17(23)19-13-5-2-1-3-6-13/h8-9,11,13H,1-7,10,18H2,(H,21,22)(H2,19,20,23). The predicted octanol–water partition coefficient (Wildman–Crippen LogP) is 2.97. The molecule has 2 rings (SSSR count). The maximum Gasteiger partial charge on any atom is 0.319 e. The monoisotopic (exact) mass is 335 g/mol. The molecule has 0 heterocycles. The summed E-state index contributed by atoms with van der Waals surface area (Å²) in [5.41, 5.74) is 6.79. The summed E-state index contributed by atoms with van der Waals surface area (Å²) in [4.78, 5) is 22.7. The Kier molecular flexibility index (Phi) is 6.72. The Labute approximate surface area is 141 Å². The van der Waals surface area contributed by atoms with Crippen molar-refractivity contribution < 1.29 is 19.4 Å². The van der Waals surface area contributed by atoms with Gasteiger partial charge < -0.3 is 26.2 Å². The summed E-state index contributed by atoms with van der Waals surface area (Å²) in [5, 5.41) is 14.4. The first-order chi connectivity index (χ1) is 11.5. The van der Waals surface area contributed by atoms with Gasteiger partial charge in [0.05, 0.1) is 12.3 Å². The van der Waals surface area contributed by atoms with Crippen LogP contribution in [-0.4, -0.2) is 29.8 Å². The largest absolute Gasteiger partial charge is 0.491 e. The van der Waals surface area contributed by atoms with Crippen molar-refractivity contribution in [3.8, 4) is 5.75 Å². The number of amides is 2. The van der Waals surface area contributed by atoms with E-state index in [0.717, 1.165) is 25.7 Å². The van der Waals surface area contributed by atoms with Crippen LogP contribution < -0.4 is 21.1 Å². The van der Waals surface area contributed by atoms with Crippen molar-refractivity contribution in [3.63, 3.8) is 0 Å². The van der Waals surface area contributed by atoms with Crippen LogP contribution in [-0.2, 0) is 4.79 Å². The van der Waals surface area contributed by atoms with Crippen molar-refractivity contribution >= 4 is 23.4 Å². The van der Waals surface area contributed by atoms with Crippen LogP contribution in [0.4, 0.5) is 16.2 Å². The zero-order valence-electron chi connectivity index (χ0n) is 13.7. The molecule has 1 aromatic carbocycles. The highest BCUT2D eigenvalue weighted by Gasteiger charge is 2.16. The molecule has 2 amide bonds. The lowest BCUT2D eigenvalue weighted by Crippen LogP contribution is -2.39. The van der Waals surface area contributed by atoms with Gasteiger partial charge in [0.25, 0.3) is 0 Å². The van der Waals surface area contributed by atoms with E-state index in [1.54, 1.807) is 18.2 Å². The third kappa shape index (κ3) is 5.98. The minimum absolute atomic E-state index is 0.0350. The Morgan fingerprint density at radius 1 is 1.25 bits per heavy atom. The zero-order valence-corrected chi connectivity index (χ0v) is 13.7. The molecule has 0 aromatic heterocycles. The highest BCUT2D eigenvalue weighted by Crippen LogP contribution is 2.27. The maximum atomic E-state index is 12.2. The van der Waals surface area contributed by atoms with Gasteiger partial charge in [-0.25, -0.2) is 4.79 Å². The number of nitrogens with two attached hydrogens (primary N) is 1. The lowest BCUT2D eigenvalue weighted by molar-refractivity contribution is -0.137. The molecule has 0 atom stereocenters. The van der Waals surface area contributed by atoms with E-state index in [-0.39, 0.29) is 25.1 Å². The Morgan fingerprint density at radius 3 is 2.71 bits per heavy atom. The topological polar surface area (TPSA) is 114 Å². The summed E-state index contributed by atoms with van der Waals surface area (Å²) in [6, 6.07) is 4.94. The number of anilines is 2. The molecule has 5 N–H and O–H groups in total. The Morgan fingerprint density at radius 2 is 2.00 bits per heavy atom. The normalized spacial score (nSPS) is 14.8. The number of benzene rings is 1. The van der Waals surface area contributed by atoms with E-state index in [0.29, 0.717) is 23.5 Å². The van der Waals surface area contributed by atoms with E-state index in [1.807, 2.05) is 0 Å². The second-order valence-electron chi connectivity index (χ2n) is 6.03. The van der Waals surface area contributed by atoms with E-state index in [1.165, 1.54) is 6.42 Å². The number of nitrogens with one attached hydrogen (secondary N) is 2. The molecule has 0 bridgehead atoms. The number of carboxylic acid groups (broad SMARTS) is 1. The van der Waals surface area contributed by atoms with Crippen molar-refractivity contribution in [1.82, 2.24) is 5.32 Å². The van der Waals surface area contributed by atoms with Gasteiger partial charge in [-0.15, -0.1) is 0 Å². The molecule has 0 unspecified atom stereocenters. The molecule has 24 heavy (non-hydrogen) atoms. The summed E-state index contributed by atoms with van der Waals surface area (Å²) in [5.74, 6) is -0.421. The Balaban J connectivity index is 1.90. The van der Waals surface area contributed by atoms with E-state index in [2.05, 4.69) is 10.6 Å². The molecule has 1 aliphatic rings. The average molecular weight is 335 g/mol. The maximum absolute atomic E-state index is 12.2. The molecule has 0 spiro atoms. The van der Waals surface area contributed by atoms with Gasteiger partial charge in [0.2, 0.25) is 0 Å². The second kappa shape index (κ2) is 9.00. The fourth-order valence-corrected chi connectivity index (χ4v) is 2.76. The van der Waals surface area contributed by atoms with Crippen molar-refractivity contribution in [1.29, 1.82) is 0 Å². The first-order valence-electron chi connectivity index (χ1n) is 8.36. The van der Waals surface area contributed by atoms with E-state index >= 15 is 0 Å². The van der Waals surface area contributed by atoms with Gasteiger partial charge in [0.15, 0.2) is 0 Å². The highest BCUT2D eigenvalue weighted by atomic mass is 16.5. The van der Waals surface area contributed by atoms with Crippen LogP contribution in [0.15, 0.2) is 18.2 Å². The first kappa shape index (κ1) is 17.9. The molecule has 132 valence electrons. The van der Waals surface area contributed by atoms with Crippen LogP contribution in [0, 0.1) is 0 Å². The molecule has 1 saturated carbocycles. The number of hydrogen-bond acceptors (Lipinski definition) is 4. The molecule has 7 heteroatoms. The number of nitrogen functional groups attached to an aromatic ring is 1. The fourth-order valence-electron chi connectivity index (χ4n) is 2.76. The second-order valence-corrected chi connectivity index (χ2v) is 6.03. The van der Waals surface area contributed by atoms with E-state index in [4.69, 9.17) is 15.6 Å². The van der Waals surface area contributed by atoms with Crippen LogP contribution in [0.5, 0.6) is 5.75 Å². The molecule has 7 nitrogen and oxygen atoms in total. The predicted molar refractivity (Wildman–Crippen MR) is 92.2 cm³/mol. The molecule has 1 aliphatic carbocycles. The zero-order chi connectivity index (χ0) is 17.4. The van der Waals surface area contributed by atoms with Gasteiger partial charge in [-0.05, 0) is 31.4 Å². The molecular formula is C17H25N3O4. The van der Waals surface area contributed by atoms with Gasteiger partial charge in [-0.2, -0.15) is 0 Å². The summed E-state index contributed by atoms with van der Waals surface area (Å²) >= 11 is 0. The van der Waals surface area contributed by atoms with Crippen LogP contribution in [0.2, 0.25) is 0 Å². The van der Waals surface area contributed by atoms with Gasteiger partial charge in [0, 0.05) is 24.2 Å². The number of hydrogen-bond donors (Lipinski definition) is 4. The van der Waals surface area contributed by atoms with Gasteiger partial charge in [0.1, 0.15) is 5.75 Å². The molecule has 0 saturated heterocycles. The quantitative estimate of drug-likeness (QED) is 0.452. The summed E-state index contributed by atoms with van der Waals surface area (Å²) in [6.45, 7) is 0.245. The molecule has 0 radical (unpaired) electrons. The third-order valence-corrected chi connectivity index (χ3v) is 3.99. The van der Waals surface area contributed by atoms with Crippen LogP contribution in [0.1, 0.15) is 44.9 Å². The Bertz CT molecular complexity index is 571. The lowest BCUT2D eigenvalue weighted by atomic mass is 9.96. The number of carbonyl (C=O) groups is 2. The van der Waals surface area contributed by atoms with Crippen LogP contribution in [0.25, 0.3) is 0 Å². The minimum atomic E-state index is -0.864. The van der Waals surface area contributed by atoms with Gasteiger partial charge in [-0.1, -0.05) is 19.3 Å². The number of carboxylic acids is 1. The SMILES string of the molecule is Nc1ccc(NC(=O)NC2CCCCC2)c(OCCCC(=O)O)c1. The highest BCUT2D eigenvalue weighted by molar-refractivity contribution is 5.91. The number of carbonyl (C=O) groups excluding carboxylic acids is 1. The molecule has 0 aliphatic heterocycles. The van der Waals surface area contributed by atoms with Gasteiger partial charge in [-0.3, -0.25) is 4.79 Å². The molecule has 1 aromatic rings. The summed E-state index contributed by atoms with van der Waals surface area (Å²) in [6.07, 6.45) is 5.95. The number of rotatable bonds is 7. The lowest BCUT2D eigenvalue weighted by Gasteiger charge is -2.23. The number of ether oxygens (including phenoxy) is 1. The fraction of sp³-hybridized carbons (Fsp3) is 0.529. The Hall–Kier alpha value is -2.44. The third-order valence-electron chi connectivity index (χ3n) is 3.99. The van der Waals surface area contributed by atoms with Crippen molar-refractivity contribution in [2.24, 2.45) is 0 Å². The molecular weight excluding hydrogens is 310 g/mol. The van der Waals surface area contributed by atoms with Crippen LogP contribution >= 0.6 is 0 Å². The van der Waals surface area contributed by atoms with Crippen molar-refractivity contribution in [2.75, 3.05) is 17.7 Å². The van der Waals surface area contributed by atoms with E-state index < -0.39 is 5.97 Å². The van der Waals surface area contributed by atoms with Crippen molar-refractivity contribution in [2.45, 2.75) is 51.0 Å². The van der Waals surface area contributed by atoms with Crippen LogP contribution in [0.3, 0.4) is 0 Å². The number of urea groups is 1. The molecule has 1 fully saturated rings.